The molecule has 0 saturated heterocycles. The SMILES string of the molecule is COc1ccc(CNc2cccc(NC(C)=O)c2)cc1Br. The van der Waals surface area contributed by atoms with E-state index in [1.54, 1.807) is 7.11 Å². The second-order valence-corrected chi connectivity index (χ2v) is 5.44. The van der Waals surface area contributed by atoms with Crippen molar-refractivity contribution in [3.8, 4) is 5.75 Å². The molecule has 0 aliphatic heterocycles. The lowest BCUT2D eigenvalue weighted by atomic mass is 10.2. The summed E-state index contributed by atoms with van der Waals surface area (Å²) in [6.45, 7) is 2.18. The van der Waals surface area contributed by atoms with Crippen LogP contribution in [-0.2, 0) is 11.3 Å². The number of benzene rings is 2. The average molecular weight is 349 g/mol. The van der Waals surface area contributed by atoms with Gasteiger partial charge in [-0.1, -0.05) is 12.1 Å². The molecule has 0 atom stereocenters. The molecule has 2 aromatic carbocycles. The van der Waals surface area contributed by atoms with Crippen molar-refractivity contribution in [2.24, 2.45) is 0 Å². The molecular formula is C16H17BrN2O2. The van der Waals surface area contributed by atoms with Crippen molar-refractivity contribution in [1.29, 1.82) is 0 Å². The van der Waals surface area contributed by atoms with Crippen LogP contribution in [-0.4, -0.2) is 13.0 Å². The molecule has 0 spiro atoms. The second kappa shape index (κ2) is 7.13. The number of rotatable bonds is 5. The molecule has 0 bridgehead atoms. The van der Waals surface area contributed by atoms with Gasteiger partial charge in [0.1, 0.15) is 5.75 Å². The maximum Gasteiger partial charge on any atom is 0.221 e. The Bertz CT molecular complexity index is 644. The van der Waals surface area contributed by atoms with Crippen molar-refractivity contribution >= 4 is 33.2 Å². The fourth-order valence-electron chi connectivity index (χ4n) is 1.93. The number of methoxy groups -OCH3 is 1. The van der Waals surface area contributed by atoms with Crippen molar-refractivity contribution < 1.29 is 9.53 Å². The summed E-state index contributed by atoms with van der Waals surface area (Å²) in [5, 5.41) is 6.09. The molecule has 0 aliphatic rings. The molecule has 4 nitrogen and oxygen atoms in total. The van der Waals surface area contributed by atoms with E-state index in [2.05, 4.69) is 26.6 Å². The van der Waals surface area contributed by atoms with Gasteiger partial charge in [-0.25, -0.2) is 0 Å². The summed E-state index contributed by atoms with van der Waals surface area (Å²) in [4.78, 5) is 11.1. The zero-order valence-electron chi connectivity index (χ0n) is 11.9. The highest BCUT2D eigenvalue weighted by Gasteiger charge is 2.02. The summed E-state index contributed by atoms with van der Waals surface area (Å²) >= 11 is 3.47. The van der Waals surface area contributed by atoms with E-state index in [1.807, 2.05) is 42.5 Å². The van der Waals surface area contributed by atoms with E-state index in [1.165, 1.54) is 6.92 Å². The second-order valence-electron chi connectivity index (χ2n) is 4.58. The van der Waals surface area contributed by atoms with Crippen LogP contribution in [0.3, 0.4) is 0 Å². The first kappa shape index (κ1) is 15.4. The topological polar surface area (TPSA) is 50.4 Å². The van der Waals surface area contributed by atoms with Gasteiger partial charge >= 0.3 is 0 Å². The minimum atomic E-state index is -0.0776. The summed E-state index contributed by atoms with van der Waals surface area (Å²) in [5.41, 5.74) is 2.87. The predicted octanol–water partition coefficient (Wildman–Crippen LogP) is 4.03. The third-order valence-electron chi connectivity index (χ3n) is 2.90. The number of hydrogen-bond donors (Lipinski definition) is 2. The minimum Gasteiger partial charge on any atom is -0.496 e. The van der Waals surface area contributed by atoms with E-state index in [4.69, 9.17) is 4.74 Å². The van der Waals surface area contributed by atoms with Crippen LogP contribution in [0.2, 0.25) is 0 Å². The van der Waals surface area contributed by atoms with Crippen LogP contribution in [0.1, 0.15) is 12.5 Å². The molecule has 0 radical (unpaired) electrons. The molecule has 0 heterocycles. The lowest BCUT2D eigenvalue weighted by molar-refractivity contribution is -0.114. The van der Waals surface area contributed by atoms with E-state index in [0.717, 1.165) is 27.2 Å². The van der Waals surface area contributed by atoms with Gasteiger partial charge in [-0.15, -0.1) is 0 Å². The molecule has 0 aliphatic carbocycles. The molecule has 0 fully saturated rings. The third-order valence-corrected chi connectivity index (χ3v) is 3.52. The summed E-state index contributed by atoms with van der Waals surface area (Å²) in [7, 11) is 1.64. The smallest absolute Gasteiger partial charge is 0.221 e. The zero-order valence-corrected chi connectivity index (χ0v) is 13.5. The van der Waals surface area contributed by atoms with Gasteiger partial charge in [0.25, 0.3) is 0 Å². The summed E-state index contributed by atoms with van der Waals surface area (Å²) in [6, 6.07) is 13.6. The summed E-state index contributed by atoms with van der Waals surface area (Å²) in [5.74, 6) is 0.734. The number of nitrogens with one attached hydrogen (secondary N) is 2. The van der Waals surface area contributed by atoms with Crippen LogP contribution in [0.15, 0.2) is 46.9 Å². The number of amides is 1. The molecule has 2 rings (SSSR count). The van der Waals surface area contributed by atoms with Crippen molar-refractivity contribution in [2.75, 3.05) is 17.7 Å². The van der Waals surface area contributed by atoms with E-state index < -0.39 is 0 Å². The highest BCUT2D eigenvalue weighted by Crippen LogP contribution is 2.26. The van der Waals surface area contributed by atoms with Crippen molar-refractivity contribution in [2.45, 2.75) is 13.5 Å². The molecule has 2 aromatic rings. The fraction of sp³-hybridized carbons (Fsp3) is 0.188. The van der Waals surface area contributed by atoms with Gasteiger partial charge in [-0.2, -0.15) is 0 Å². The Morgan fingerprint density at radius 1 is 1.19 bits per heavy atom. The number of halogens is 1. The largest absolute Gasteiger partial charge is 0.496 e. The standard InChI is InChI=1S/C16H17BrN2O2/c1-11(20)19-14-5-3-4-13(9-14)18-10-12-6-7-16(21-2)15(17)8-12/h3-9,18H,10H2,1-2H3,(H,19,20). The van der Waals surface area contributed by atoms with Crippen LogP contribution in [0.5, 0.6) is 5.75 Å². The monoisotopic (exact) mass is 348 g/mol. The summed E-state index contributed by atoms with van der Waals surface area (Å²) in [6.07, 6.45) is 0. The Hall–Kier alpha value is -2.01. The van der Waals surface area contributed by atoms with Crippen LogP contribution in [0.4, 0.5) is 11.4 Å². The highest BCUT2D eigenvalue weighted by atomic mass is 79.9. The first-order valence-corrected chi connectivity index (χ1v) is 7.31. The Kier molecular flexibility index (Phi) is 5.22. The van der Waals surface area contributed by atoms with Gasteiger partial charge in [-0.05, 0) is 51.8 Å². The number of hydrogen-bond acceptors (Lipinski definition) is 3. The number of carbonyl (C=O) groups is 1. The quantitative estimate of drug-likeness (QED) is 0.857. The molecule has 0 saturated carbocycles. The Balaban J connectivity index is 2.02. The van der Waals surface area contributed by atoms with Crippen molar-refractivity contribution in [1.82, 2.24) is 0 Å². The molecule has 0 aromatic heterocycles. The minimum absolute atomic E-state index is 0.0776. The Morgan fingerprint density at radius 2 is 1.95 bits per heavy atom. The lowest BCUT2D eigenvalue weighted by Crippen LogP contribution is -2.06. The van der Waals surface area contributed by atoms with Gasteiger partial charge < -0.3 is 15.4 Å². The van der Waals surface area contributed by atoms with Gasteiger partial charge in [0, 0.05) is 24.8 Å². The first-order chi connectivity index (χ1) is 10.1. The summed E-state index contributed by atoms with van der Waals surface area (Å²) < 4.78 is 6.14. The van der Waals surface area contributed by atoms with Gasteiger partial charge in [0.15, 0.2) is 0 Å². The molecule has 2 N–H and O–H groups in total. The Labute approximate surface area is 132 Å². The van der Waals surface area contributed by atoms with Gasteiger partial charge in [0.2, 0.25) is 5.91 Å². The van der Waals surface area contributed by atoms with Crippen molar-refractivity contribution in [3.05, 3.63) is 52.5 Å². The molecule has 0 unspecified atom stereocenters. The highest BCUT2D eigenvalue weighted by molar-refractivity contribution is 9.10. The van der Waals surface area contributed by atoms with Crippen LogP contribution in [0, 0.1) is 0 Å². The molecule has 1 amide bonds. The van der Waals surface area contributed by atoms with E-state index >= 15 is 0 Å². The Morgan fingerprint density at radius 3 is 2.62 bits per heavy atom. The zero-order chi connectivity index (χ0) is 15.2. The number of anilines is 2. The normalized spacial score (nSPS) is 10.0. The van der Waals surface area contributed by atoms with Gasteiger partial charge in [0.05, 0.1) is 11.6 Å². The molecule has 110 valence electrons. The van der Waals surface area contributed by atoms with Crippen LogP contribution < -0.4 is 15.4 Å². The maximum absolute atomic E-state index is 11.1. The molecule has 5 heteroatoms. The molecular weight excluding hydrogens is 332 g/mol. The van der Waals surface area contributed by atoms with Crippen LogP contribution >= 0.6 is 15.9 Å². The van der Waals surface area contributed by atoms with Gasteiger partial charge in [-0.3, -0.25) is 4.79 Å². The van der Waals surface area contributed by atoms with E-state index in [0.29, 0.717) is 6.54 Å². The maximum atomic E-state index is 11.1. The fourth-order valence-corrected chi connectivity index (χ4v) is 2.52. The van der Waals surface area contributed by atoms with Crippen molar-refractivity contribution in [3.63, 3.8) is 0 Å². The average Bonchev–Trinajstić information content (AvgIpc) is 2.45. The van der Waals surface area contributed by atoms with Crippen LogP contribution in [0.25, 0.3) is 0 Å². The predicted molar refractivity (Wildman–Crippen MR) is 88.8 cm³/mol. The number of ether oxygens (including phenoxy) is 1. The van der Waals surface area contributed by atoms with E-state index in [9.17, 15) is 4.79 Å². The third kappa shape index (κ3) is 4.49. The molecule has 21 heavy (non-hydrogen) atoms. The lowest BCUT2D eigenvalue weighted by Gasteiger charge is -2.10. The first-order valence-electron chi connectivity index (χ1n) is 6.52. The number of carbonyl (C=O) groups excluding carboxylic acids is 1. The van der Waals surface area contributed by atoms with E-state index in [-0.39, 0.29) is 5.91 Å².